The van der Waals surface area contributed by atoms with E-state index in [0.29, 0.717) is 51.9 Å². The van der Waals surface area contributed by atoms with Crippen LogP contribution in [0.1, 0.15) is 32.6 Å². The van der Waals surface area contributed by atoms with Gasteiger partial charge in [0.25, 0.3) is 0 Å². The second kappa shape index (κ2) is 8.67. The molecule has 0 spiro atoms. The van der Waals surface area contributed by atoms with Crippen LogP contribution in [0, 0.1) is 23.5 Å². The molecule has 0 radical (unpaired) electrons. The molecule has 1 aromatic carbocycles. The number of amides is 3. The SMILES string of the molecule is CC(=O)N1CCN(C(=O)C2CCC(C(=O)Nc3ccc(F)cc3F)CC2)CC1. The molecule has 1 aliphatic carbocycles. The summed E-state index contributed by atoms with van der Waals surface area (Å²) >= 11 is 0. The second-order valence-electron chi connectivity index (χ2n) is 7.49. The Morgan fingerprint density at radius 2 is 1.50 bits per heavy atom. The summed E-state index contributed by atoms with van der Waals surface area (Å²) in [5.74, 6) is -2.09. The number of nitrogens with zero attached hydrogens (tertiary/aromatic N) is 2. The Kier molecular flexibility index (Phi) is 6.26. The lowest BCUT2D eigenvalue weighted by Gasteiger charge is -2.37. The molecule has 8 heteroatoms. The average molecular weight is 393 g/mol. The molecule has 1 aromatic rings. The topological polar surface area (TPSA) is 69.7 Å². The van der Waals surface area contributed by atoms with Gasteiger partial charge in [-0.15, -0.1) is 0 Å². The van der Waals surface area contributed by atoms with Crippen LogP contribution in [0.25, 0.3) is 0 Å². The van der Waals surface area contributed by atoms with E-state index in [2.05, 4.69) is 5.32 Å². The molecular weight excluding hydrogens is 368 g/mol. The van der Waals surface area contributed by atoms with E-state index in [1.807, 2.05) is 0 Å². The van der Waals surface area contributed by atoms with Crippen molar-refractivity contribution >= 4 is 23.4 Å². The van der Waals surface area contributed by atoms with E-state index in [1.54, 1.807) is 9.80 Å². The molecule has 2 aliphatic rings. The Balaban J connectivity index is 1.48. The maximum Gasteiger partial charge on any atom is 0.227 e. The van der Waals surface area contributed by atoms with Crippen LogP contribution in [0.4, 0.5) is 14.5 Å². The van der Waals surface area contributed by atoms with E-state index in [9.17, 15) is 23.2 Å². The van der Waals surface area contributed by atoms with E-state index in [4.69, 9.17) is 0 Å². The minimum absolute atomic E-state index is 0.0243. The summed E-state index contributed by atoms with van der Waals surface area (Å²) in [6.07, 6.45) is 2.32. The Labute approximate surface area is 162 Å². The predicted molar refractivity (Wildman–Crippen MR) is 99.3 cm³/mol. The Morgan fingerprint density at radius 3 is 2.07 bits per heavy atom. The van der Waals surface area contributed by atoms with E-state index in [1.165, 1.54) is 13.0 Å². The first-order valence-corrected chi connectivity index (χ1v) is 9.65. The first-order valence-electron chi connectivity index (χ1n) is 9.65. The highest BCUT2D eigenvalue weighted by Gasteiger charge is 2.33. The van der Waals surface area contributed by atoms with Crippen LogP contribution in [0.5, 0.6) is 0 Å². The number of anilines is 1. The van der Waals surface area contributed by atoms with Gasteiger partial charge in [-0.3, -0.25) is 14.4 Å². The number of hydrogen-bond acceptors (Lipinski definition) is 3. The standard InChI is InChI=1S/C20H25F2N3O3/c1-13(26)24-8-10-25(11-9-24)20(28)15-4-2-14(3-5-15)19(27)23-18-7-6-16(21)12-17(18)22/h6-7,12,14-15H,2-5,8-11H2,1H3,(H,23,27). The van der Waals surface area contributed by atoms with Gasteiger partial charge in [0.1, 0.15) is 11.6 Å². The molecule has 1 N–H and O–H groups in total. The molecule has 0 bridgehead atoms. The lowest BCUT2D eigenvalue weighted by atomic mass is 9.80. The quantitative estimate of drug-likeness (QED) is 0.857. The number of halogens is 2. The molecule has 1 heterocycles. The number of rotatable bonds is 3. The summed E-state index contributed by atoms with van der Waals surface area (Å²) in [7, 11) is 0. The summed E-state index contributed by atoms with van der Waals surface area (Å²) in [5.41, 5.74) is -0.0343. The van der Waals surface area contributed by atoms with E-state index >= 15 is 0 Å². The van der Waals surface area contributed by atoms with Crippen LogP contribution in [0.15, 0.2) is 18.2 Å². The molecule has 1 saturated carbocycles. The van der Waals surface area contributed by atoms with Gasteiger partial charge >= 0.3 is 0 Å². The van der Waals surface area contributed by atoms with Gasteiger partial charge in [-0.1, -0.05) is 0 Å². The van der Waals surface area contributed by atoms with Crippen molar-refractivity contribution in [1.82, 2.24) is 9.80 Å². The zero-order chi connectivity index (χ0) is 20.3. The van der Waals surface area contributed by atoms with Crippen molar-refractivity contribution in [1.29, 1.82) is 0 Å². The van der Waals surface area contributed by atoms with Crippen LogP contribution < -0.4 is 5.32 Å². The van der Waals surface area contributed by atoms with E-state index < -0.39 is 11.6 Å². The maximum absolute atomic E-state index is 13.7. The van der Waals surface area contributed by atoms with Crippen molar-refractivity contribution in [2.45, 2.75) is 32.6 Å². The fourth-order valence-corrected chi connectivity index (χ4v) is 3.93. The van der Waals surface area contributed by atoms with Crippen LogP contribution in [0.3, 0.4) is 0 Å². The van der Waals surface area contributed by atoms with Crippen molar-refractivity contribution in [2.75, 3.05) is 31.5 Å². The van der Waals surface area contributed by atoms with Crippen LogP contribution >= 0.6 is 0 Å². The van der Waals surface area contributed by atoms with Crippen LogP contribution in [-0.4, -0.2) is 53.7 Å². The van der Waals surface area contributed by atoms with Crippen molar-refractivity contribution in [3.05, 3.63) is 29.8 Å². The van der Waals surface area contributed by atoms with Crippen LogP contribution in [-0.2, 0) is 14.4 Å². The molecule has 152 valence electrons. The van der Waals surface area contributed by atoms with E-state index in [0.717, 1.165) is 12.1 Å². The summed E-state index contributed by atoms with van der Waals surface area (Å²) in [4.78, 5) is 40.0. The van der Waals surface area contributed by atoms with Gasteiger partial charge in [0.05, 0.1) is 5.69 Å². The van der Waals surface area contributed by atoms with Gasteiger partial charge in [0.15, 0.2) is 0 Å². The Bertz CT molecular complexity index is 755. The highest BCUT2D eigenvalue weighted by molar-refractivity contribution is 5.93. The molecule has 0 unspecified atom stereocenters. The highest BCUT2D eigenvalue weighted by Crippen LogP contribution is 2.31. The Morgan fingerprint density at radius 1 is 0.929 bits per heavy atom. The number of hydrogen-bond donors (Lipinski definition) is 1. The van der Waals surface area contributed by atoms with Gasteiger partial charge in [0.2, 0.25) is 17.7 Å². The molecule has 3 rings (SSSR count). The molecule has 3 amide bonds. The zero-order valence-corrected chi connectivity index (χ0v) is 15.9. The number of benzene rings is 1. The predicted octanol–water partition coefficient (Wildman–Crippen LogP) is 2.40. The normalized spacial score (nSPS) is 22.7. The van der Waals surface area contributed by atoms with Crippen molar-refractivity contribution in [3.63, 3.8) is 0 Å². The van der Waals surface area contributed by atoms with Crippen LogP contribution in [0.2, 0.25) is 0 Å². The highest BCUT2D eigenvalue weighted by atomic mass is 19.1. The molecule has 28 heavy (non-hydrogen) atoms. The molecular formula is C20H25F2N3O3. The first-order chi connectivity index (χ1) is 13.3. The molecule has 0 aromatic heterocycles. The minimum Gasteiger partial charge on any atom is -0.339 e. The third-order valence-corrected chi connectivity index (χ3v) is 5.67. The Hall–Kier alpha value is -2.51. The zero-order valence-electron chi connectivity index (χ0n) is 15.9. The summed E-state index contributed by atoms with van der Waals surface area (Å²) in [5, 5.41) is 2.52. The number of piperazine rings is 1. The molecule has 1 aliphatic heterocycles. The van der Waals surface area contributed by atoms with Crippen molar-refractivity contribution < 1.29 is 23.2 Å². The molecule has 2 fully saturated rings. The lowest BCUT2D eigenvalue weighted by Crippen LogP contribution is -2.51. The summed E-state index contributed by atoms with van der Waals surface area (Å²) in [6.45, 7) is 3.73. The van der Waals surface area contributed by atoms with Gasteiger partial charge < -0.3 is 15.1 Å². The summed E-state index contributed by atoms with van der Waals surface area (Å²) in [6, 6.07) is 3.04. The number of carbonyl (C=O) groups is 3. The average Bonchev–Trinajstić information content (AvgIpc) is 2.69. The monoisotopic (exact) mass is 393 g/mol. The van der Waals surface area contributed by atoms with Gasteiger partial charge in [-0.25, -0.2) is 8.78 Å². The largest absolute Gasteiger partial charge is 0.339 e. The number of nitrogens with one attached hydrogen (secondary N) is 1. The third-order valence-electron chi connectivity index (χ3n) is 5.67. The lowest BCUT2D eigenvalue weighted by molar-refractivity contribution is -0.142. The second-order valence-corrected chi connectivity index (χ2v) is 7.49. The van der Waals surface area contributed by atoms with Gasteiger partial charge in [-0.2, -0.15) is 0 Å². The van der Waals surface area contributed by atoms with Crippen molar-refractivity contribution in [2.24, 2.45) is 11.8 Å². The van der Waals surface area contributed by atoms with Crippen molar-refractivity contribution in [3.8, 4) is 0 Å². The maximum atomic E-state index is 13.7. The minimum atomic E-state index is -0.804. The molecule has 0 atom stereocenters. The number of carbonyl (C=O) groups excluding carboxylic acids is 3. The fraction of sp³-hybridized carbons (Fsp3) is 0.550. The van der Waals surface area contributed by atoms with E-state index in [-0.39, 0.29) is 35.2 Å². The summed E-state index contributed by atoms with van der Waals surface area (Å²) < 4.78 is 26.7. The van der Waals surface area contributed by atoms with Gasteiger partial charge in [-0.05, 0) is 37.8 Å². The fourth-order valence-electron chi connectivity index (χ4n) is 3.93. The first kappa shape index (κ1) is 20.2. The molecule has 1 saturated heterocycles. The third kappa shape index (κ3) is 4.66. The smallest absolute Gasteiger partial charge is 0.227 e. The van der Waals surface area contributed by atoms with Gasteiger partial charge in [0, 0.05) is 51.0 Å². The molecule has 6 nitrogen and oxygen atoms in total.